The Morgan fingerprint density at radius 1 is 1.12 bits per heavy atom. The smallest absolute Gasteiger partial charge is 0.227 e. The molecule has 3 aromatic rings. The highest BCUT2D eigenvalue weighted by atomic mass is 32.1. The Morgan fingerprint density at radius 3 is 2.62 bits per heavy atom. The second-order valence-corrected chi connectivity index (χ2v) is 6.19. The van der Waals surface area contributed by atoms with E-state index in [1.54, 1.807) is 17.5 Å². The fourth-order valence-electron chi connectivity index (χ4n) is 2.51. The number of hydrogen-bond acceptors (Lipinski definition) is 4. The average Bonchev–Trinajstić information content (AvgIpc) is 3.11. The fourth-order valence-corrected chi connectivity index (χ4v) is 3.34. The van der Waals surface area contributed by atoms with Crippen LogP contribution in [0.3, 0.4) is 0 Å². The van der Waals surface area contributed by atoms with Crippen LogP contribution in [0.25, 0.3) is 10.7 Å². The van der Waals surface area contributed by atoms with Crippen molar-refractivity contribution < 1.29 is 4.79 Å². The van der Waals surface area contributed by atoms with Gasteiger partial charge >= 0.3 is 0 Å². The molecule has 0 aliphatic heterocycles. The summed E-state index contributed by atoms with van der Waals surface area (Å²) in [7, 11) is 0. The molecule has 122 valence electrons. The summed E-state index contributed by atoms with van der Waals surface area (Å²) >= 11 is 1.57. The van der Waals surface area contributed by atoms with E-state index in [1.165, 1.54) is 0 Å². The Hall–Kier alpha value is -2.53. The van der Waals surface area contributed by atoms with Gasteiger partial charge in [0.2, 0.25) is 5.91 Å². The van der Waals surface area contributed by atoms with Crippen LogP contribution in [0.5, 0.6) is 0 Å². The van der Waals surface area contributed by atoms with Gasteiger partial charge in [-0.1, -0.05) is 24.3 Å². The summed E-state index contributed by atoms with van der Waals surface area (Å²) in [6.45, 7) is 2.66. The van der Waals surface area contributed by atoms with Gasteiger partial charge in [0.1, 0.15) is 5.01 Å². The zero-order valence-electron chi connectivity index (χ0n) is 13.6. The van der Waals surface area contributed by atoms with Crippen molar-refractivity contribution in [1.82, 2.24) is 9.97 Å². The highest BCUT2D eigenvalue weighted by molar-refractivity contribution is 7.13. The van der Waals surface area contributed by atoms with Gasteiger partial charge in [-0.2, -0.15) is 0 Å². The van der Waals surface area contributed by atoms with Crippen molar-refractivity contribution >= 4 is 22.9 Å². The van der Waals surface area contributed by atoms with E-state index in [0.29, 0.717) is 19.4 Å². The SMILES string of the molecule is CCN(C(=O)CCc1csc(-c2ccccn2)n1)c1ccccc1. The molecule has 0 N–H and O–H groups in total. The van der Waals surface area contributed by atoms with Gasteiger partial charge in [-0.15, -0.1) is 11.3 Å². The number of thiazole rings is 1. The average molecular weight is 337 g/mol. The third kappa shape index (κ3) is 3.86. The first kappa shape index (κ1) is 16.3. The van der Waals surface area contributed by atoms with E-state index in [0.717, 1.165) is 22.1 Å². The van der Waals surface area contributed by atoms with E-state index in [4.69, 9.17) is 0 Å². The molecule has 0 radical (unpaired) electrons. The topological polar surface area (TPSA) is 46.1 Å². The molecule has 0 saturated heterocycles. The Morgan fingerprint density at radius 2 is 1.92 bits per heavy atom. The van der Waals surface area contributed by atoms with Crippen LogP contribution in [0.2, 0.25) is 0 Å². The lowest BCUT2D eigenvalue weighted by Gasteiger charge is -2.20. The molecule has 1 amide bonds. The predicted octanol–water partition coefficient (Wildman–Crippen LogP) is 4.19. The second kappa shape index (κ2) is 7.84. The van der Waals surface area contributed by atoms with Crippen LogP contribution >= 0.6 is 11.3 Å². The molecule has 0 spiro atoms. The van der Waals surface area contributed by atoms with Crippen LogP contribution in [-0.2, 0) is 11.2 Å². The highest BCUT2D eigenvalue weighted by Gasteiger charge is 2.14. The van der Waals surface area contributed by atoms with Crippen molar-refractivity contribution in [3.63, 3.8) is 0 Å². The number of carbonyl (C=O) groups is 1. The van der Waals surface area contributed by atoms with Gasteiger partial charge in [-0.3, -0.25) is 9.78 Å². The highest BCUT2D eigenvalue weighted by Crippen LogP contribution is 2.22. The molecule has 0 saturated carbocycles. The molecular formula is C19H19N3OS. The summed E-state index contributed by atoms with van der Waals surface area (Å²) in [5.74, 6) is 0.121. The van der Waals surface area contributed by atoms with Gasteiger partial charge in [0.05, 0.1) is 11.4 Å². The predicted molar refractivity (Wildman–Crippen MR) is 98.1 cm³/mol. The number of aryl methyl sites for hydroxylation is 1. The zero-order valence-corrected chi connectivity index (χ0v) is 14.4. The summed E-state index contributed by atoms with van der Waals surface area (Å²) in [6, 6.07) is 15.6. The number of anilines is 1. The summed E-state index contributed by atoms with van der Waals surface area (Å²) in [5, 5.41) is 2.91. The third-order valence-electron chi connectivity index (χ3n) is 3.72. The largest absolute Gasteiger partial charge is 0.313 e. The summed E-state index contributed by atoms with van der Waals surface area (Å²) < 4.78 is 0. The van der Waals surface area contributed by atoms with Gasteiger partial charge in [-0.25, -0.2) is 4.98 Å². The normalized spacial score (nSPS) is 10.5. The minimum absolute atomic E-state index is 0.121. The molecule has 4 nitrogen and oxygen atoms in total. The molecule has 2 heterocycles. The van der Waals surface area contributed by atoms with Gasteiger partial charge in [0.25, 0.3) is 0 Å². The molecular weight excluding hydrogens is 318 g/mol. The Labute approximate surface area is 145 Å². The number of pyridine rings is 1. The Balaban J connectivity index is 1.63. The molecule has 0 unspecified atom stereocenters. The van der Waals surface area contributed by atoms with Gasteiger partial charge < -0.3 is 4.90 Å². The lowest BCUT2D eigenvalue weighted by atomic mass is 10.2. The molecule has 2 aromatic heterocycles. The molecule has 0 atom stereocenters. The summed E-state index contributed by atoms with van der Waals surface area (Å²) in [4.78, 5) is 23.2. The number of benzene rings is 1. The van der Waals surface area contributed by atoms with Crippen molar-refractivity contribution in [2.75, 3.05) is 11.4 Å². The molecule has 1 aromatic carbocycles. The maximum atomic E-state index is 12.5. The fraction of sp³-hybridized carbons (Fsp3) is 0.211. The number of aromatic nitrogens is 2. The second-order valence-electron chi connectivity index (χ2n) is 5.33. The lowest BCUT2D eigenvalue weighted by Crippen LogP contribution is -2.30. The van der Waals surface area contributed by atoms with E-state index >= 15 is 0 Å². The van der Waals surface area contributed by atoms with Crippen molar-refractivity contribution in [3.8, 4) is 10.7 Å². The minimum Gasteiger partial charge on any atom is -0.313 e. The van der Waals surface area contributed by atoms with Crippen molar-refractivity contribution in [2.24, 2.45) is 0 Å². The monoisotopic (exact) mass is 337 g/mol. The van der Waals surface area contributed by atoms with Crippen molar-refractivity contribution in [2.45, 2.75) is 19.8 Å². The first-order valence-electron chi connectivity index (χ1n) is 7.99. The number of carbonyl (C=O) groups excluding carboxylic acids is 1. The third-order valence-corrected chi connectivity index (χ3v) is 4.63. The Kier molecular flexibility index (Phi) is 5.33. The number of amides is 1. The molecule has 0 aliphatic rings. The van der Waals surface area contributed by atoms with Gasteiger partial charge in [0.15, 0.2) is 0 Å². The van der Waals surface area contributed by atoms with Gasteiger partial charge in [0, 0.05) is 30.2 Å². The van der Waals surface area contributed by atoms with Gasteiger partial charge in [-0.05, 0) is 37.6 Å². The lowest BCUT2D eigenvalue weighted by molar-refractivity contribution is -0.118. The van der Waals surface area contributed by atoms with Crippen LogP contribution in [-0.4, -0.2) is 22.4 Å². The standard InChI is InChI=1S/C19H19N3OS/c1-2-22(16-8-4-3-5-9-16)18(23)12-11-15-14-24-19(21-15)17-10-6-7-13-20-17/h3-10,13-14H,2,11-12H2,1H3. The molecule has 0 fully saturated rings. The van der Waals surface area contributed by atoms with Crippen LogP contribution in [0.15, 0.2) is 60.1 Å². The number of rotatable bonds is 6. The van der Waals surface area contributed by atoms with E-state index < -0.39 is 0 Å². The van der Waals surface area contributed by atoms with Crippen LogP contribution in [0, 0.1) is 0 Å². The molecule has 5 heteroatoms. The van der Waals surface area contributed by atoms with Crippen molar-refractivity contribution in [3.05, 3.63) is 65.8 Å². The van der Waals surface area contributed by atoms with Crippen LogP contribution in [0.1, 0.15) is 19.0 Å². The number of hydrogen-bond donors (Lipinski definition) is 0. The zero-order chi connectivity index (χ0) is 16.8. The molecule has 0 aliphatic carbocycles. The van der Waals surface area contributed by atoms with Crippen molar-refractivity contribution in [1.29, 1.82) is 0 Å². The van der Waals surface area contributed by atoms with Crippen LogP contribution in [0.4, 0.5) is 5.69 Å². The first-order valence-corrected chi connectivity index (χ1v) is 8.87. The quantitative estimate of drug-likeness (QED) is 0.677. The number of para-hydroxylation sites is 1. The van der Waals surface area contributed by atoms with E-state index in [2.05, 4.69) is 9.97 Å². The maximum absolute atomic E-state index is 12.5. The van der Waals surface area contributed by atoms with E-state index in [-0.39, 0.29) is 5.91 Å². The molecule has 0 bridgehead atoms. The van der Waals surface area contributed by atoms with E-state index in [1.807, 2.05) is 65.7 Å². The summed E-state index contributed by atoms with van der Waals surface area (Å²) in [6.07, 6.45) is 2.86. The Bertz CT molecular complexity index is 787. The van der Waals surface area contributed by atoms with E-state index in [9.17, 15) is 4.79 Å². The molecule has 3 rings (SSSR count). The summed E-state index contributed by atoms with van der Waals surface area (Å²) in [5.41, 5.74) is 2.76. The molecule has 24 heavy (non-hydrogen) atoms. The van der Waals surface area contributed by atoms with Crippen LogP contribution < -0.4 is 4.90 Å². The first-order chi connectivity index (χ1) is 11.8. The minimum atomic E-state index is 0.121. The maximum Gasteiger partial charge on any atom is 0.227 e. The number of nitrogens with zero attached hydrogens (tertiary/aromatic N) is 3.